The van der Waals surface area contributed by atoms with Gasteiger partial charge in [0.25, 0.3) is 5.91 Å². The lowest BCUT2D eigenvalue weighted by atomic mass is 9.58. The van der Waals surface area contributed by atoms with Gasteiger partial charge in [0.1, 0.15) is 29.9 Å². The maximum Gasteiger partial charge on any atom is 0.256 e. The molecule has 1 fully saturated rings. The average Bonchev–Trinajstić information content (AvgIpc) is 2.70. The van der Waals surface area contributed by atoms with Gasteiger partial charge in [0, 0.05) is 9.14 Å². The maximum absolute atomic E-state index is 13.4. The Labute approximate surface area is 188 Å². The van der Waals surface area contributed by atoms with Gasteiger partial charge in [-0.15, -0.1) is 0 Å². The van der Waals surface area contributed by atoms with Gasteiger partial charge in [0.2, 0.25) is 11.6 Å². The number of rotatable bonds is 2. The zero-order valence-electron chi connectivity index (χ0n) is 16.0. The summed E-state index contributed by atoms with van der Waals surface area (Å²) >= 11 is 2.04. The van der Waals surface area contributed by atoms with Crippen LogP contribution in [0.25, 0.3) is 5.76 Å². The Morgan fingerprint density at radius 1 is 1.23 bits per heavy atom. The zero-order valence-corrected chi connectivity index (χ0v) is 18.2. The topological polar surface area (TPSA) is 180 Å². The van der Waals surface area contributed by atoms with Crippen LogP contribution in [-0.2, 0) is 25.6 Å². The summed E-state index contributed by atoms with van der Waals surface area (Å²) in [6.45, 7) is 0. The number of amides is 1. The van der Waals surface area contributed by atoms with E-state index in [0.717, 1.165) is 10.7 Å². The summed E-state index contributed by atoms with van der Waals surface area (Å²) in [4.78, 5) is 43.0. The number of carbonyl (C=O) groups is 3. The zero-order chi connectivity index (χ0) is 22.8. The smallest absolute Gasteiger partial charge is 0.256 e. The molecule has 31 heavy (non-hydrogen) atoms. The fourth-order valence-electron chi connectivity index (χ4n) is 4.66. The highest BCUT2D eigenvalue weighted by atomic mass is 127. The predicted molar refractivity (Wildman–Crippen MR) is 114 cm³/mol. The number of benzene rings is 1. The molecule has 1 aromatic rings. The molecule has 0 unspecified atom stereocenters. The molecule has 6 N–H and O–H groups in total. The minimum atomic E-state index is -2.83. The highest BCUT2D eigenvalue weighted by molar-refractivity contribution is 14.1. The lowest BCUT2D eigenvalue weighted by molar-refractivity contribution is -0.153. The average molecular weight is 540 g/mol. The molecule has 11 heteroatoms. The number of Topliss-reactive ketones (excluding diaryl/α,β-unsaturated/α-hetero) is 2. The van der Waals surface area contributed by atoms with Crippen LogP contribution in [0, 0.1) is 15.4 Å². The van der Waals surface area contributed by atoms with Crippen molar-refractivity contribution in [1.29, 1.82) is 0 Å². The number of oxime groups is 1. The summed E-state index contributed by atoms with van der Waals surface area (Å²) < 4.78 is 0.744. The second kappa shape index (κ2) is 7.05. The largest absolute Gasteiger partial charge is 0.507 e. The number of allylic oxidation sites excluding steroid dienone is 1. The van der Waals surface area contributed by atoms with Crippen LogP contribution >= 0.6 is 22.6 Å². The molecular formula is C20H17IN2O8. The molecule has 3 aliphatic carbocycles. The first-order valence-electron chi connectivity index (χ1n) is 9.15. The Hall–Kier alpha value is -2.93. The summed E-state index contributed by atoms with van der Waals surface area (Å²) in [7, 11) is 1.16. The van der Waals surface area contributed by atoms with E-state index in [0.29, 0.717) is 5.56 Å². The molecule has 0 aliphatic heterocycles. The molecule has 0 saturated heterocycles. The number of aromatic hydroxyl groups is 1. The van der Waals surface area contributed by atoms with Crippen LogP contribution in [0.4, 0.5) is 0 Å². The minimum Gasteiger partial charge on any atom is -0.507 e. The van der Waals surface area contributed by atoms with Crippen molar-refractivity contribution in [3.8, 4) is 5.75 Å². The molecule has 4 rings (SSSR count). The van der Waals surface area contributed by atoms with Crippen LogP contribution in [0.2, 0.25) is 0 Å². The number of nitrogens with zero attached hydrogens (tertiary/aromatic N) is 1. The lowest BCUT2D eigenvalue weighted by Crippen LogP contribution is -2.64. The van der Waals surface area contributed by atoms with Gasteiger partial charge in [0.15, 0.2) is 11.4 Å². The second-order valence-corrected chi connectivity index (χ2v) is 8.71. The minimum absolute atomic E-state index is 0.0519. The number of phenols is 1. The van der Waals surface area contributed by atoms with E-state index < -0.39 is 52.0 Å². The summed E-state index contributed by atoms with van der Waals surface area (Å²) in [6, 6.07) is 3.02. The van der Waals surface area contributed by atoms with Crippen molar-refractivity contribution >= 4 is 51.5 Å². The Morgan fingerprint density at radius 2 is 1.90 bits per heavy atom. The number of primary amides is 1. The SMILES string of the molecule is CO/N=C1\C(O)=C(C(N)=O)C(=O)[C@@]2(O)C(=O)C3=C(O)c4c(O)ccc(I)c4C[C@H]3C[C@@H]12. The Morgan fingerprint density at radius 3 is 2.52 bits per heavy atom. The predicted octanol–water partition coefficient (Wildman–Crippen LogP) is 0.641. The number of nitrogens with two attached hydrogens (primary N) is 1. The summed E-state index contributed by atoms with van der Waals surface area (Å²) in [6.07, 6.45) is 0.151. The highest BCUT2D eigenvalue weighted by Gasteiger charge is 2.64. The van der Waals surface area contributed by atoms with Gasteiger partial charge in [-0.1, -0.05) is 5.16 Å². The van der Waals surface area contributed by atoms with Crippen LogP contribution < -0.4 is 5.73 Å². The number of carbonyl (C=O) groups excluding carboxylic acids is 3. The van der Waals surface area contributed by atoms with Crippen LogP contribution in [0.3, 0.4) is 0 Å². The first-order valence-corrected chi connectivity index (χ1v) is 10.2. The van der Waals surface area contributed by atoms with Gasteiger partial charge in [-0.25, -0.2) is 0 Å². The quantitative estimate of drug-likeness (QED) is 0.157. The van der Waals surface area contributed by atoms with Gasteiger partial charge < -0.3 is 31.0 Å². The molecule has 3 aliphatic rings. The molecular weight excluding hydrogens is 523 g/mol. The molecule has 1 amide bonds. The van der Waals surface area contributed by atoms with Crippen LogP contribution in [-0.4, -0.2) is 56.3 Å². The number of aliphatic hydroxyl groups is 3. The van der Waals surface area contributed by atoms with Crippen LogP contribution in [0.15, 0.2) is 34.2 Å². The third-order valence-electron chi connectivity index (χ3n) is 6.02. The number of phenolic OH excluding ortho intramolecular Hbond substituents is 1. The van der Waals surface area contributed by atoms with Crippen LogP contribution in [0.1, 0.15) is 17.5 Å². The summed E-state index contributed by atoms with van der Waals surface area (Å²) in [5, 5.41) is 46.5. The standard InChI is InChI=1S/C20H17IN2O8/c1-31-23-14-8-5-6-4-7-9(21)2-3-10(24)12(7)15(25)11(6)17(27)20(8,30)18(28)13(16(14)26)19(22)29/h2-3,6,8,24-26,30H,4-5H2,1H3,(H2,22,29)/b23-14-/t6-,8-,20-/m0/s1. The molecule has 1 saturated carbocycles. The normalized spacial score (nSPS) is 28.9. The molecule has 1 aromatic carbocycles. The van der Waals surface area contributed by atoms with Gasteiger partial charge in [-0.3, -0.25) is 14.4 Å². The number of fused-ring (bicyclic) bond motifs is 3. The molecule has 0 heterocycles. The number of ketones is 2. The molecule has 10 nitrogen and oxygen atoms in total. The summed E-state index contributed by atoms with van der Waals surface area (Å²) in [5.74, 6) is -7.53. The van der Waals surface area contributed by atoms with E-state index in [1.54, 1.807) is 6.07 Å². The second-order valence-electron chi connectivity index (χ2n) is 7.54. The number of hydrogen-bond acceptors (Lipinski definition) is 9. The van der Waals surface area contributed by atoms with E-state index in [-0.39, 0.29) is 35.4 Å². The fourth-order valence-corrected chi connectivity index (χ4v) is 5.33. The van der Waals surface area contributed by atoms with Crippen molar-refractivity contribution < 1.29 is 39.6 Å². The first-order chi connectivity index (χ1) is 14.5. The Bertz CT molecular complexity index is 1170. The van der Waals surface area contributed by atoms with Gasteiger partial charge >= 0.3 is 0 Å². The van der Waals surface area contributed by atoms with Crippen molar-refractivity contribution in [2.24, 2.45) is 22.7 Å². The third kappa shape index (κ3) is 2.72. The van der Waals surface area contributed by atoms with E-state index in [2.05, 4.69) is 5.16 Å². The Balaban J connectivity index is 1.98. The van der Waals surface area contributed by atoms with Crippen LogP contribution in [0.5, 0.6) is 5.75 Å². The van der Waals surface area contributed by atoms with Crippen molar-refractivity contribution in [1.82, 2.24) is 0 Å². The van der Waals surface area contributed by atoms with Crippen molar-refractivity contribution in [2.45, 2.75) is 18.4 Å². The van der Waals surface area contributed by atoms with Crippen molar-refractivity contribution in [3.63, 3.8) is 0 Å². The van der Waals surface area contributed by atoms with E-state index in [1.165, 1.54) is 6.07 Å². The molecule has 3 atom stereocenters. The molecule has 0 radical (unpaired) electrons. The van der Waals surface area contributed by atoms with E-state index in [9.17, 15) is 34.8 Å². The monoisotopic (exact) mass is 540 g/mol. The fraction of sp³-hybridized carbons (Fsp3) is 0.300. The van der Waals surface area contributed by atoms with Crippen molar-refractivity contribution in [2.75, 3.05) is 7.11 Å². The number of aliphatic hydroxyl groups excluding tert-OH is 2. The molecule has 0 aromatic heterocycles. The molecule has 0 spiro atoms. The number of hydrogen-bond donors (Lipinski definition) is 5. The highest BCUT2D eigenvalue weighted by Crippen LogP contribution is 2.51. The van der Waals surface area contributed by atoms with Gasteiger partial charge in [-0.2, -0.15) is 0 Å². The Kier molecular flexibility index (Phi) is 4.85. The third-order valence-corrected chi connectivity index (χ3v) is 7.03. The maximum atomic E-state index is 13.4. The number of halogens is 1. The van der Waals surface area contributed by atoms with Gasteiger partial charge in [-0.05, 0) is 59.0 Å². The van der Waals surface area contributed by atoms with E-state index in [1.807, 2.05) is 22.6 Å². The van der Waals surface area contributed by atoms with Crippen molar-refractivity contribution in [3.05, 3.63) is 43.7 Å². The molecule has 0 bridgehead atoms. The molecule has 162 valence electrons. The van der Waals surface area contributed by atoms with E-state index in [4.69, 9.17) is 10.6 Å². The lowest BCUT2D eigenvalue weighted by Gasteiger charge is -2.45. The van der Waals surface area contributed by atoms with E-state index >= 15 is 0 Å². The first kappa shape index (κ1) is 21.3. The summed E-state index contributed by atoms with van der Waals surface area (Å²) in [5.41, 5.74) is 1.45. The van der Waals surface area contributed by atoms with Gasteiger partial charge in [0.05, 0.1) is 11.5 Å².